The third-order valence-electron chi connectivity index (χ3n) is 4.89. The normalized spacial score (nSPS) is 14.6. The first-order valence-corrected chi connectivity index (χ1v) is 9.12. The first kappa shape index (κ1) is 19.0. The molecule has 27 heavy (non-hydrogen) atoms. The molecule has 0 aromatic heterocycles. The smallest absolute Gasteiger partial charge is 0.255 e. The van der Waals surface area contributed by atoms with Gasteiger partial charge in [-0.3, -0.25) is 9.59 Å². The molecule has 3 rings (SSSR count). The van der Waals surface area contributed by atoms with E-state index in [-0.39, 0.29) is 23.1 Å². The second-order valence-electron chi connectivity index (χ2n) is 6.94. The highest BCUT2D eigenvalue weighted by molar-refractivity contribution is 6.04. The number of benzene rings is 2. The molecule has 4 nitrogen and oxygen atoms in total. The van der Waals surface area contributed by atoms with Crippen LogP contribution < -0.4 is 10.6 Å². The van der Waals surface area contributed by atoms with Gasteiger partial charge in [0, 0.05) is 17.2 Å². The molecule has 0 spiro atoms. The molecule has 1 saturated carbocycles. The molecule has 0 unspecified atom stereocenters. The monoisotopic (exact) mass is 372 g/mol. The Hall–Kier alpha value is -2.76. The van der Waals surface area contributed by atoms with Gasteiger partial charge in [0.1, 0.15) is 11.6 Å². The van der Waals surface area contributed by atoms with Gasteiger partial charge in [-0.05, 0) is 55.7 Å². The van der Waals surface area contributed by atoms with Crippen molar-refractivity contribution in [3.63, 3.8) is 0 Å². The molecular weight excluding hydrogens is 350 g/mol. The van der Waals surface area contributed by atoms with E-state index >= 15 is 0 Å². The maximum absolute atomic E-state index is 14.1. The summed E-state index contributed by atoms with van der Waals surface area (Å²) in [5, 5.41) is 5.23. The standard InChI is InChI=1S/C21H22F2N2O2/c1-13-7-8-15(11-18(13)23)21(27)24-16-9-10-17(22)19(12-16)25-20(26)14-5-3-2-4-6-14/h7-12,14H,2-6H2,1H3,(H,24,27)(H,25,26). The first-order chi connectivity index (χ1) is 12.9. The molecule has 6 heteroatoms. The molecule has 0 radical (unpaired) electrons. The Kier molecular flexibility index (Phi) is 5.84. The van der Waals surface area contributed by atoms with E-state index < -0.39 is 17.5 Å². The van der Waals surface area contributed by atoms with Gasteiger partial charge in [-0.2, -0.15) is 0 Å². The first-order valence-electron chi connectivity index (χ1n) is 9.12. The number of amides is 2. The number of aryl methyl sites for hydroxylation is 1. The summed E-state index contributed by atoms with van der Waals surface area (Å²) in [6, 6.07) is 8.14. The Bertz CT molecular complexity index is 861. The van der Waals surface area contributed by atoms with E-state index in [0.29, 0.717) is 11.3 Å². The second kappa shape index (κ2) is 8.29. The minimum Gasteiger partial charge on any atom is -0.323 e. The van der Waals surface area contributed by atoms with Gasteiger partial charge in [-0.15, -0.1) is 0 Å². The fourth-order valence-electron chi connectivity index (χ4n) is 3.24. The van der Waals surface area contributed by atoms with Crippen LogP contribution in [0.25, 0.3) is 0 Å². The lowest BCUT2D eigenvalue weighted by Gasteiger charge is -2.21. The minimum atomic E-state index is -0.571. The highest BCUT2D eigenvalue weighted by atomic mass is 19.1. The van der Waals surface area contributed by atoms with Crippen molar-refractivity contribution in [1.82, 2.24) is 0 Å². The van der Waals surface area contributed by atoms with Gasteiger partial charge in [0.2, 0.25) is 5.91 Å². The van der Waals surface area contributed by atoms with Crippen molar-refractivity contribution < 1.29 is 18.4 Å². The van der Waals surface area contributed by atoms with Crippen molar-refractivity contribution in [3.8, 4) is 0 Å². The number of carbonyl (C=O) groups excluding carboxylic acids is 2. The van der Waals surface area contributed by atoms with Gasteiger partial charge in [0.05, 0.1) is 5.69 Å². The highest BCUT2D eigenvalue weighted by Gasteiger charge is 2.22. The molecule has 1 fully saturated rings. The third kappa shape index (κ3) is 4.70. The number of carbonyl (C=O) groups is 2. The van der Waals surface area contributed by atoms with Crippen LogP contribution in [0.1, 0.15) is 48.0 Å². The molecule has 2 N–H and O–H groups in total. The molecule has 0 bridgehead atoms. The van der Waals surface area contributed by atoms with Crippen molar-refractivity contribution in [2.75, 3.05) is 10.6 Å². The van der Waals surface area contributed by atoms with Crippen LogP contribution in [0.4, 0.5) is 20.2 Å². The Morgan fingerprint density at radius 3 is 2.37 bits per heavy atom. The lowest BCUT2D eigenvalue weighted by atomic mass is 9.88. The van der Waals surface area contributed by atoms with E-state index in [4.69, 9.17) is 0 Å². The molecule has 2 amide bonds. The van der Waals surface area contributed by atoms with E-state index in [1.807, 2.05) is 0 Å². The van der Waals surface area contributed by atoms with Crippen molar-refractivity contribution in [2.24, 2.45) is 5.92 Å². The highest BCUT2D eigenvalue weighted by Crippen LogP contribution is 2.26. The fraction of sp³-hybridized carbons (Fsp3) is 0.333. The van der Waals surface area contributed by atoms with Crippen molar-refractivity contribution in [2.45, 2.75) is 39.0 Å². The van der Waals surface area contributed by atoms with Crippen LogP contribution in [0.3, 0.4) is 0 Å². The predicted molar refractivity (Wildman–Crippen MR) is 101 cm³/mol. The lowest BCUT2D eigenvalue weighted by Crippen LogP contribution is -2.25. The van der Waals surface area contributed by atoms with Gasteiger partial charge in [-0.25, -0.2) is 8.78 Å². The Labute approximate surface area is 157 Å². The summed E-state index contributed by atoms with van der Waals surface area (Å²) >= 11 is 0. The van der Waals surface area contributed by atoms with Crippen LogP contribution in [0, 0.1) is 24.5 Å². The summed E-state index contributed by atoms with van der Waals surface area (Å²) < 4.78 is 27.7. The second-order valence-corrected chi connectivity index (χ2v) is 6.94. The maximum atomic E-state index is 14.1. The van der Waals surface area contributed by atoms with Gasteiger partial charge in [0.15, 0.2) is 0 Å². The molecule has 2 aromatic carbocycles. The van der Waals surface area contributed by atoms with Crippen LogP contribution in [0.5, 0.6) is 0 Å². The quantitative estimate of drug-likeness (QED) is 0.789. The largest absolute Gasteiger partial charge is 0.323 e. The number of halogens is 2. The lowest BCUT2D eigenvalue weighted by molar-refractivity contribution is -0.120. The molecule has 1 aliphatic rings. The average Bonchev–Trinajstić information content (AvgIpc) is 2.67. The fourth-order valence-corrected chi connectivity index (χ4v) is 3.24. The van der Waals surface area contributed by atoms with Crippen LogP contribution >= 0.6 is 0 Å². The van der Waals surface area contributed by atoms with E-state index in [1.165, 1.54) is 30.3 Å². The molecular formula is C21H22F2N2O2. The Morgan fingerprint density at radius 1 is 0.926 bits per heavy atom. The van der Waals surface area contributed by atoms with E-state index in [1.54, 1.807) is 6.92 Å². The molecule has 2 aromatic rings. The Morgan fingerprint density at radius 2 is 1.67 bits per heavy atom. The molecule has 0 atom stereocenters. The Balaban J connectivity index is 1.71. The molecule has 0 aliphatic heterocycles. The summed E-state index contributed by atoms with van der Waals surface area (Å²) in [5.74, 6) is -1.85. The topological polar surface area (TPSA) is 58.2 Å². The van der Waals surface area contributed by atoms with Crippen LogP contribution in [-0.2, 0) is 4.79 Å². The van der Waals surface area contributed by atoms with E-state index in [0.717, 1.165) is 38.2 Å². The number of hydrogen-bond acceptors (Lipinski definition) is 2. The van der Waals surface area contributed by atoms with Gasteiger partial charge >= 0.3 is 0 Å². The predicted octanol–water partition coefficient (Wildman–Crippen LogP) is 5.04. The summed E-state index contributed by atoms with van der Waals surface area (Å²) in [7, 11) is 0. The zero-order chi connectivity index (χ0) is 19.4. The van der Waals surface area contributed by atoms with Crippen molar-refractivity contribution >= 4 is 23.2 Å². The zero-order valence-electron chi connectivity index (χ0n) is 15.1. The van der Waals surface area contributed by atoms with Gasteiger partial charge in [0.25, 0.3) is 5.91 Å². The number of rotatable bonds is 4. The van der Waals surface area contributed by atoms with Crippen LogP contribution in [0.2, 0.25) is 0 Å². The number of hydrogen-bond donors (Lipinski definition) is 2. The maximum Gasteiger partial charge on any atom is 0.255 e. The molecule has 1 aliphatic carbocycles. The van der Waals surface area contributed by atoms with E-state index in [9.17, 15) is 18.4 Å². The molecule has 142 valence electrons. The van der Waals surface area contributed by atoms with Crippen molar-refractivity contribution in [1.29, 1.82) is 0 Å². The summed E-state index contributed by atoms with van der Waals surface area (Å²) in [6.45, 7) is 1.61. The molecule has 0 heterocycles. The summed E-state index contributed by atoms with van der Waals surface area (Å²) in [5.41, 5.74) is 0.955. The SMILES string of the molecule is Cc1ccc(C(=O)Nc2ccc(F)c(NC(=O)C3CCCCC3)c2)cc1F. The van der Waals surface area contributed by atoms with Gasteiger partial charge in [-0.1, -0.05) is 25.3 Å². The third-order valence-corrected chi connectivity index (χ3v) is 4.89. The van der Waals surface area contributed by atoms with Crippen molar-refractivity contribution in [3.05, 3.63) is 59.2 Å². The minimum absolute atomic E-state index is 0.0264. The molecule has 0 saturated heterocycles. The zero-order valence-corrected chi connectivity index (χ0v) is 15.1. The van der Waals surface area contributed by atoms with E-state index in [2.05, 4.69) is 10.6 Å². The van der Waals surface area contributed by atoms with Gasteiger partial charge < -0.3 is 10.6 Å². The van der Waals surface area contributed by atoms with Crippen LogP contribution in [-0.4, -0.2) is 11.8 Å². The number of anilines is 2. The average molecular weight is 372 g/mol. The number of nitrogens with one attached hydrogen (secondary N) is 2. The summed E-state index contributed by atoms with van der Waals surface area (Å²) in [6.07, 6.45) is 4.75. The summed E-state index contributed by atoms with van der Waals surface area (Å²) in [4.78, 5) is 24.6. The van der Waals surface area contributed by atoms with Crippen LogP contribution in [0.15, 0.2) is 36.4 Å².